The van der Waals surface area contributed by atoms with Crippen LogP contribution in [0.4, 0.5) is 0 Å². The van der Waals surface area contributed by atoms with Crippen molar-refractivity contribution in [3.05, 3.63) is 0 Å². The summed E-state index contributed by atoms with van der Waals surface area (Å²) in [4.78, 5) is 13.1. The van der Waals surface area contributed by atoms with Gasteiger partial charge in [-0.3, -0.25) is 4.79 Å². The molecule has 0 aliphatic carbocycles. The average molecular weight is 217 g/mol. The molecule has 1 fully saturated rings. The van der Waals surface area contributed by atoms with Gasteiger partial charge < -0.3 is 10.0 Å². The Morgan fingerprint density at radius 2 is 2.29 bits per heavy atom. The van der Waals surface area contributed by atoms with Crippen LogP contribution in [0.2, 0.25) is 0 Å². The molecule has 0 bridgehead atoms. The Morgan fingerprint density at radius 1 is 1.57 bits per heavy atom. The Morgan fingerprint density at radius 3 is 2.79 bits per heavy atom. The summed E-state index contributed by atoms with van der Waals surface area (Å²) >= 11 is 1.92. The first-order valence-corrected chi connectivity index (χ1v) is 6.33. The number of thioether (sulfide) groups is 1. The fourth-order valence-corrected chi connectivity index (χ4v) is 2.59. The maximum absolute atomic E-state index is 10.9. The minimum absolute atomic E-state index is 0.151. The van der Waals surface area contributed by atoms with Crippen molar-refractivity contribution in [2.24, 2.45) is 11.8 Å². The minimum atomic E-state index is -0.636. The van der Waals surface area contributed by atoms with Crippen LogP contribution in [-0.4, -0.2) is 47.1 Å². The molecule has 14 heavy (non-hydrogen) atoms. The lowest BCUT2D eigenvalue weighted by Crippen LogP contribution is -2.25. The number of carboxylic acids is 1. The van der Waals surface area contributed by atoms with Crippen LogP contribution in [0.15, 0.2) is 0 Å². The normalized spacial score (nSPS) is 28.1. The van der Waals surface area contributed by atoms with E-state index < -0.39 is 5.97 Å². The maximum atomic E-state index is 10.9. The second kappa shape index (κ2) is 5.61. The SMILES string of the molecule is CCSCCN1CC(C)C(C(=O)O)C1. The van der Waals surface area contributed by atoms with E-state index in [4.69, 9.17) is 5.11 Å². The molecule has 1 aliphatic rings. The van der Waals surface area contributed by atoms with E-state index in [0.717, 1.165) is 31.1 Å². The lowest BCUT2D eigenvalue weighted by Gasteiger charge is -2.13. The number of hydrogen-bond acceptors (Lipinski definition) is 3. The molecule has 1 rings (SSSR count). The highest BCUT2D eigenvalue weighted by Gasteiger charge is 2.34. The Bertz CT molecular complexity index is 199. The predicted octanol–water partition coefficient (Wildman–Crippen LogP) is 1.39. The molecule has 1 aliphatic heterocycles. The van der Waals surface area contributed by atoms with Crippen molar-refractivity contribution in [1.29, 1.82) is 0 Å². The van der Waals surface area contributed by atoms with Gasteiger partial charge in [0.1, 0.15) is 0 Å². The summed E-state index contributed by atoms with van der Waals surface area (Å²) in [5.41, 5.74) is 0. The zero-order valence-corrected chi connectivity index (χ0v) is 9.72. The molecular formula is C10H19NO2S. The number of nitrogens with zero attached hydrogens (tertiary/aromatic N) is 1. The molecule has 82 valence electrons. The van der Waals surface area contributed by atoms with Crippen molar-refractivity contribution in [2.75, 3.05) is 31.1 Å². The van der Waals surface area contributed by atoms with Crippen LogP contribution in [0.1, 0.15) is 13.8 Å². The molecule has 2 atom stereocenters. The topological polar surface area (TPSA) is 40.5 Å². The summed E-state index contributed by atoms with van der Waals surface area (Å²) < 4.78 is 0. The highest BCUT2D eigenvalue weighted by molar-refractivity contribution is 7.99. The monoisotopic (exact) mass is 217 g/mol. The van der Waals surface area contributed by atoms with Gasteiger partial charge >= 0.3 is 5.97 Å². The van der Waals surface area contributed by atoms with E-state index in [9.17, 15) is 4.79 Å². The highest BCUT2D eigenvalue weighted by Crippen LogP contribution is 2.23. The molecule has 0 aromatic heterocycles. The van der Waals surface area contributed by atoms with Crippen molar-refractivity contribution in [2.45, 2.75) is 13.8 Å². The first-order valence-electron chi connectivity index (χ1n) is 5.18. The van der Waals surface area contributed by atoms with E-state index in [1.165, 1.54) is 0 Å². The van der Waals surface area contributed by atoms with Crippen LogP contribution >= 0.6 is 11.8 Å². The van der Waals surface area contributed by atoms with Crippen molar-refractivity contribution < 1.29 is 9.90 Å². The van der Waals surface area contributed by atoms with Crippen molar-refractivity contribution in [1.82, 2.24) is 4.90 Å². The molecule has 2 unspecified atom stereocenters. The summed E-state index contributed by atoms with van der Waals surface area (Å²) in [6.45, 7) is 6.90. The maximum Gasteiger partial charge on any atom is 0.308 e. The van der Waals surface area contributed by atoms with Gasteiger partial charge in [-0.2, -0.15) is 11.8 Å². The number of aliphatic carboxylic acids is 1. The van der Waals surface area contributed by atoms with Gasteiger partial charge in [0.15, 0.2) is 0 Å². The second-order valence-electron chi connectivity index (χ2n) is 3.88. The van der Waals surface area contributed by atoms with E-state index in [0.29, 0.717) is 5.92 Å². The second-order valence-corrected chi connectivity index (χ2v) is 5.27. The lowest BCUT2D eigenvalue weighted by atomic mass is 9.99. The quantitative estimate of drug-likeness (QED) is 0.707. The van der Waals surface area contributed by atoms with E-state index >= 15 is 0 Å². The minimum Gasteiger partial charge on any atom is -0.481 e. The Kier molecular flexibility index (Phi) is 4.75. The van der Waals surface area contributed by atoms with Crippen molar-refractivity contribution in [3.63, 3.8) is 0 Å². The van der Waals surface area contributed by atoms with Crippen LogP contribution in [0.5, 0.6) is 0 Å². The van der Waals surface area contributed by atoms with E-state index in [1.807, 2.05) is 18.7 Å². The molecule has 1 heterocycles. The zero-order chi connectivity index (χ0) is 10.6. The third-order valence-corrected chi connectivity index (χ3v) is 3.64. The number of carboxylic acid groups (broad SMARTS) is 1. The molecule has 1 saturated heterocycles. The fourth-order valence-electron chi connectivity index (χ4n) is 1.91. The van der Waals surface area contributed by atoms with E-state index in [-0.39, 0.29) is 5.92 Å². The van der Waals surface area contributed by atoms with Crippen LogP contribution in [0.3, 0.4) is 0 Å². The van der Waals surface area contributed by atoms with Gasteiger partial charge in [-0.05, 0) is 11.7 Å². The van der Waals surface area contributed by atoms with Crippen LogP contribution < -0.4 is 0 Å². The third-order valence-electron chi connectivity index (χ3n) is 2.76. The molecule has 0 aromatic rings. The van der Waals surface area contributed by atoms with Gasteiger partial charge in [0.25, 0.3) is 0 Å². The van der Waals surface area contributed by atoms with Gasteiger partial charge in [-0.25, -0.2) is 0 Å². The van der Waals surface area contributed by atoms with Gasteiger partial charge in [-0.1, -0.05) is 13.8 Å². The standard InChI is InChI=1S/C10H19NO2S/c1-3-14-5-4-11-6-8(2)9(7-11)10(12)13/h8-9H,3-7H2,1-2H3,(H,12,13). The smallest absolute Gasteiger partial charge is 0.308 e. The predicted molar refractivity (Wildman–Crippen MR) is 59.7 cm³/mol. The molecular weight excluding hydrogens is 198 g/mol. The number of carbonyl (C=O) groups is 1. The number of rotatable bonds is 5. The largest absolute Gasteiger partial charge is 0.481 e. The molecule has 1 N–H and O–H groups in total. The molecule has 0 radical (unpaired) electrons. The molecule has 0 aromatic carbocycles. The molecule has 0 spiro atoms. The zero-order valence-electron chi connectivity index (χ0n) is 8.90. The summed E-state index contributed by atoms with van der Waals surface area (Å²) in [5, 5.41) is 8.94. The van der Waals surface area contributed by atoms with Gasteiger partial charge in [0.2, 0.25) is 0 Å². The van der Waals surface area contributed by atoms with Gasteiger partial charge in [0, 0.05) is 25.4 Å². The fraction of sp³-hybridized carbons (Fsp3) is 0.900. The van der Waals surface area contributed by atoms with Crippen LogP contribution in [0, 0.1) is 11.8 Å². The molecule has 4 heteroatoms. The van der Waals surface area contributed by atoms with E-state index in [1.54, 1.807) is 0 Å². The summed E-state index contributed by atoms with van der Waals surface area (Å²) in [7, 11) is 0. The van der Waals surface area contributed by atoms with Crippen molar-refractivity contribution >= 4 is 17.7 Å². The molecule has 0 amide bonds. The first kappa shape index (κ1) is 11.9. The summed E-state index contributed by atoms with van der Waals surface area (Å²) in [6, 6.07) is 0. The van der Waals surface area contributed by atoms with Crippen molar-refractivity contribution in [3.8, 4) is 0 Å². The van der Waals surface area contributed by atoms with E-state index in [2.05, 4.69) is 11.8 Å². The number of hydrogen-bond donors (Lipinski definition) is 1. The third kappa shape index (κ3) is 3.17. The van der Waals surface area contributed by atoms with Crippen LogP contribution in [0.25, 0.3) is 0 Å². The van der Waals surface area contributed by atoms with Gasteiger partial charge in [0.05, 0.1) is 5.92 Å². The molecule has 3 nitrogen and oxygen atoms in total. The summed E-state index contributed by atoms with van der Waals surface area (Å²) in [5.74, 6) is 1.78. The molecule has 0 saturated carbocycles. The Labute approximate surface area is 89.9 Å². The number of likely N-dealkylation sites (tertiary alicyclic amines) is 1. The summed E-state index contributed by atoms with van der Waals surface area (Å²) in [6.07, 6.45) is 0. The lowest BCUT2D eigenvalue weighted by molar-refractivity contribution is -0.142. The Hall–Kier alpha value is -0.220. The van der Waals surface area contributed by atoms with Gasteiger partial charge in [-0.15, -0.1) is 0 Å². The average Bonchev–Trinajstić information content (AvgIpc) is 2.47. The van der Waals surface area contributed by atoms with Crippen LogP contribution in [-0.2, 0) is 4.79 Å². The Balaban J connectivity index is 2.28. The first-order chi connectivity index (χ1) is 6.65. The highest BCUT2D eigenvalue weighted by atomic mass is 32.2.